The zero-order valence-electron chi connectivity index (χ0n) is 15.0. The Kier molecular flexibility index (Phi) is 5.87. The van der Waals surface area contributed by atoms with Gasteiger partial charge in [-0.05, 0) is 37.0 Å². The lowest BCUT2D eigenvalue weighted by molar-refractivity contribution is -0.139. The third-order valence-corrected chi connectivity index (χ3v) is 5.45. The number of nitrogens with zero attached hydrogens (tertiary/aromatic N) is 2. The standard InChI is InChI=1S/C19H25F3N2O2/c1-26-17-8-10-23(11-9-17)16-12-24(13-16)18(25)7-4-14-2-5-15(6-3-14)19(20,21)22/h2-3,5-6,16-17H,4,7-13H2,1H3. The fraction of sp³-hybridized carbons (Fsp3) is 0.632. The normalized spacial score (nSPS) is 20.2. The number of methoxy groups -OCH3 is 1. The number of ether oxygens (including phenoxy) is 1. The van der Waals surface area contributed by atoms with E-state index in [1.807, 2.05) is 4.90 Å². The van der Waals surface area contributed by atoms with Crippen molar-refractivity contribution in [1.82, 2.24) is 9.80 Å². The van der Waals surface area contributed by atoms with Gasteiger partial charge in [0.2, 0.25) is 5.91 Å². The SMILES string of the molecule is COC1CCN(C2CN(C(=O)CCc3ccc(C(F)(F)F)cc3)C2)CC1. The van der Waals surface area contributed by atoms with Crippen LogP contribution in [0.25, 0.3) is 0 Å². The van der Waals surface area contributed by atoms with Gasteiger partial charge in [-0.3, -0.25) is 9.69 Å². The number of carbonyl (C=O) groups excluding carboxylic acids is 1. The largest absolute Gasteiger partial charge is 0.416 e. The summed E-state index contributed by atoms with van der Waals surface area (Å²) >= 11 is 0. The van der Waals surface area contributed by atoms with Crippen LogP contribution in [-0.2, 0) is 22.1 Å². The summed E-state index contributed by atoms with van der Waals surface area (Å²) in [7, 11) is 1.75. The molecule has 0 aromatic heterocycles. The first-order valence-electron chi connectivity index (χ1n) is 9.07. The lowest BCUT2D eigenvalue weighted by Crippen LogP contribution is -2.62. The van der Waals surface area contributed by atoms with Gasteiger partial charge in [0.05, 0.1) is 11.7 Å². The Morgan fingerprint density at radius 2 is 1.77 bits per heavy atom. The van der Waals surface area contributed by atoms with Gasteiger partial charge >= 0.3 is 6.18 Å². The highest BCUT2D eigenvalue weighted by molar-refractivity contribution is 5.77. The van der Waals surface area contributed by atoms with Crippen LogP contribution in [0.2, 0.25) is 0 Å². The molecule has 1 aromatic rings. The molecule has 0 unspecified atom stereocenters. The average Bonchev–Trinajstić information content (AvgIpc) is 2.59. The van der Waals surface area contributed by atoms with Gasteiger partial charge in [0, 0.05) is 45.8 Å². The quantitative estimate of drug-likeness (QED) is 0.799. The molecule has 1 aromatic carbocycles. The number of benzene rings is 1. The summed E-state index contributed by atoms with van der Waals surface area (Å²) in [6, 6.07) is 5.48. The molecule has 0 spiro atoms. The van der Waals surface area contributed by atoms with E-state index in [1.54, 1.807) is 7.11 Å². The van der Waals surface area contributed by atoms with Crippen LogP contribution in [0.5, 0.6) is 0 Å². The zero-order chi connectivity index (χ0) is 18.7. The van der Waals surface area contributed by atoms with Crippen molar-refractivity contribution in [3.05, 3.63) is 35.4 Å². The van der Waals surface area contributed by atoms with Gasteiger partial charge in [0.15, 0.2) is 0 Å². The molecule has 2 aliphatic rings. The molecule has 0 atom stereocenters. The van der Waals surface area contributed by atoms with Crippen molar-refractivity contribution in [2.45, 2.75) is 44.0 Å². The minimum absolute atomic E-state index is 0.0768. The van der Waals surface area contributed by atoms with E-state index in [-0.39, 0.29) is 5.91 Å². The van der Waals surface area contributed by atoms with Crippen LogP contribution in [0.15, 0.2) is 24.3 Å². The van der Waals surface area contributed by atoms with Gasteiger partial charge in [-0.1, -0.05) is 12.1 Å². The fourth-order valence-corrected chi connectivity index (χ4v) is 3.64. The second-order valence-corrected chi connectivity index (χ2v) is 7.12. The molecule has 4 nitrogen and oxygen atoms in total. The molecule has 1 amide bonds. The van der Waals surface area contributed by atoms with Crippen LogP contribution in [0, 0.1) is 0 Å². The average molecular weight is 370 g/mol. The first-order valence-corrected chi connectivity index (χ1v) is 9.07. The molecule has 0 radical (unpaired) electrons. The minimum atomic E-state index is -4.32. The number of carbonyl (C=O) groups is 1. The van der Waals surface area contributed by atoms with Crippen molar-refractivity contribution in [2.24, 2.45) is 0 Å². The number of aryl methyl sites for hydroxylation is 1. The second kappa shape index (κ2) is 7.96. The highest BCUT2D eigenvalue weighted by Crippen LogP contribution is 2.29. The zero-order valence-corrected chi connectivity index (χ0v) is 15.0. The minimum Gasteiger partial charge on any atom is -0.381 e. The number of hydrogen-bond donors (Lipinski definition) is 0. The molecular formula is C19H25F3N2O2. The van der Waals surface area contributed by atoms with Gasteiger partial charge in [0.25, 0.3) is 0 Å². The van der Waals surface area contributed by atoms with E-state index >= 15 is 0 Å². The van der Waals surface area contributed by atoms with Crippen LogP contribution < -0.4 is 0 Å². The predicted molar refractivity (Wildman–Crippen MR) is 91.7 cm³/mol. The van der Waals surface area contributed by atoms with E-state index in [4.69, 9.17) is 4.74 Å². The number of hydrogen-bond acceptors (Lipinski definition) is 3. The molecule has 144 valence electrons. The summed E-state index contributed by atoms with van der Waals surface area (Å²) in [5.41, 5.74) is 0.0977. The molecule has 0 bridgehead atoms. The molecule has 0 aliphatic carbocycles. The van der Waals surface area contributed by atoms with Gasteiger partial charge < -0.3 is 9.64 Å². The Balaban J connectivity index is 1.39. The number of likely N-dealkylation sites (tertiary alicyclic amines) is 2. The molecule has 2 heterocycles. The number of halogens is 3. The fourth-order valence-electron chi connectivity index (χ4n) is 3.64. The van der Waals surface area contributed by atoms with Gasteiger partial charge in [-0.2, -0.15) is 13.2 Å². The van der Waals surface area contributed by atoms with Crippen molar-refractivity contribution in [2.75, 3.05) is 33.3 Å². The summed E-state index contributed by atoms with van der Waals surface area (Å²) in [6.45, 7) is 3.53. The van der Waals surface area contributed by atoms with Crippen molar-refractivity contribution in [3.8, 4) is 0 Å². The Morgan fingerprint density at radius 3 is 2.31 bits per heavy atom. The monoisotopic (exact) mass is 370 g/mol. The lowest BCUT2D eigenvalue weighted by Gasteiger charge is -2.47. The summed E-state index contributed by atoms with van der Waals surface area (Å²) in [5, 5.41) is 0. The molecule has 2 fully saturated rings. The van der Waals surface area contributed by atoms with Crippen LogP contribution in [0.1, 0.15) is 30.4 Å². The summed E-state index contributed by atoms with van der Waals surface area (Å²) in [6.07, 6.45) is -1.09. The van der Waals surface area contributed by atoms with Crippen LogP contribution in [-0.4, -0.2) is 61.1 Å². The van der Waals surface area contributed by atoms with Crippen LogP contribution in [0.4, 0.5) is 13.2 Å². The second-order valence-electron chi connectivity index (χ2n) is 7.12. The van der Waals surface area contributed by atoms with E-state index in [2.05, 4.69) is 4.90 Å². The molecule has 7 heteroatoms. The predicted octanol–water partition coefficient (Wildman–Crippen LogP) is 2.96. The molecule has 2 aliphatic heterocycles. The molecule has 2 saturated heterocycles. The van der Waals surface area contributed by atoms with Crippen LogP contribution in [0.3, 0.4) is 0 Å². The Hall–Kier alpha value is -1.60. The third kappa shape index (κ3) is 4.57. The highest BCUT2D eigenvalue weighted by atomic mass is 19.4. The van der Waals surface area contributed by atoms with E-state index in [0.29, 0.717) is 25.0 Å². The first-order chi connectivity index (χ1) is 12.4. The van der Waals surface area contributed by atoms with Gasteiger partial charge in [-0.25, -0.2) is 0 Å². The molecular weight excluding hydrogens is 345 g/mol. The maximum atomic E-state index is 12.6. The number of piperidine rings is 1. The maximum absolute atomic E-state index is 12.6. The number of rotatable bonds is 5. The van der Waals surface area contributed by atoms with Gasteiger partial charge in [0.1, 0.15) is 0 Å². The maximum Gasteiger partial charge on any atom is 0.416 e. The third-order valence-electron chi connectivity index (χ3n) is 5.45. The van der Waals surface area contributed by atoms with E-state index in [1.165, 1.54) is 12.1 Å². The Labute approximate surface area is 151 Å². The number of amides is 1. The molecule has 0 N–H and O–H groups in total. The van der Waals surface area contributed by atoms with Gasteiger partial charge in [-0.15, -0.1) is 0 Å². The van der Waals surface area contributed by atoms with E-state index < -0.39 is 11.7 Å². The summed E-state index contributed by atoms with van der Waals surface area (Å²) in [5.74, 6) is 0.0768. The highest BCUT2D eigenvalue weighted by Gasteiger charge is 2.36. The molecule has 3 rings (SSSR count). The number of alkyl halides is 3. The first kappa shape index (κ1) is 19.2. The lowest BCUT2D eigenvalue weighted by atomic mass is 10.00. The summed E-state index contributed by atoms with van der Waals surface area (Å²) in [4.78, 5) is 16.5. The van der Waals surface area contributed by atoms with E-state index in [9.17, 15) is 18.0 Å². The van der Waals surface area contributed by atoms with Crippen molar-refractivity contribution >= 4 is 5.91 Å². The molecule has 26 heavy (non-hydrogen) atoms. The van der Waals surface area contributed by atoms with Crippen LogP contribution >= 0.6 is 0 Å². The van der Waals surface area contributed by atoms with Crippen molar-refractivity contribution < 1.29 is 22.7 Å². The molecule has 0 saturated carbocycles. The van der Waals surface area contributed by atoms with Crippen molar-refractivity contribution in [1.29, 1.82) is 0 Å². The Bertz CT molecular complexity index is 604. The van der Waals surface area contributed by atoms with Crippen molar-refractivity contribution in [3.63, 3.8) is 0 Å². The summed E-state index contributed by atoms with van der Waals surface area (Å²) < 4.78 is 43.0. The van der Waals surface area contributed by atoms with E-state index in [0.717, 1.165) is 56.7 Å². The smallest absolute Gasteiger partial charge is 0.381 e. The topological polar surface area (TPSA) is 32.8 Å². The Morgan fingerprint density at radius 1 is 1.15 bits per heavy atom.